The number of hydrogen-bond acceptors (Lipinski definition) is 5. The van der Waals surface area contributed by atoms with Gasteiger partial charge in [0.25, 0.3) is 0 Å². The van der Waals surface area contributed by atoms with E-state index in [2.05, 4.69) is 5.32 Å². The molecule has 0 aromatic rings. The number of carbonyl (C=O) groups is 2. The molecule has 1 saturated heterocycles. The maximum Gasteiger partial charge on any atom is 0.353 e. The van der Waals surface area contributed by atoms with E-state index < -0.39 is 18.0 Å². The number of thioether (sulfide) groups is 1. The Morgan fingerprint density at radius 2 is 2.32 bits per heavy atom. The smallest absolute Gasteiger partial charge is 0.353 e. The van der Waals surface area contributed by atoms with Crippen molar-refractivity contribution in [3.8, 4) is 0 Å². The summed E-state index contributed by atoms with van der Waals surface area (Å²) in [4.78, 5) is 25.3. The fourth-order valence-corrected chi connectivity index (χ4v) is 3.80. The standard InChI is InChI=1S/C12H18N2O4S/c1-6(15)9-7-5-8(19-4-3-13-2)10(12(17)18)14(7)11(9)16/h6-7,9,13,15H,3-5H2,1-2H3,(H,17,18)/t6-,7-,9?/m1/s1. The summed E-state index contributed by atoms with van der Waals surface area (Å²) >= 11 is 1.47. The third-order valence-corrected chi connectivity index (χ3v) is 4.64. The summed E-state index contributed by atoms with van der Waals surface area (Å²) in [5.74, 6) is -1.04. The minimum Gasteiger partial charge on any atom is -0.477 e. The molecule has 2 aliphatic rings. The number of fused-ring (bicyclic) bond motifs is 1. The number of aliphatic carboxylic acids is 1. The van der Waals surface area contributed by atoms with Gasteiger partial charge in [0.1, 0.15) is 5.70 Å². The molecule has 1 unspecified atom stereocenters. The first-order valence-electron chi connectivity index (χ1n) is 6.24. The lowest BCUT2D eigenvalue weighted by Crippen LogP contribution is -2.61. The Morgan fingerprint density at radius 1 is 1.63 bits per heavy atom. The third-order valence-electron chi connectivity index (χ3n) is 3.52. The number of aliphatic hydroxyl groups excluding tert-OH is 1. The molecule has 7 heteroatoms. The molecule has 0 radical (unpaired) electrons. The van der Waals surface area contributed by atoms with Crippen molar-refractivity contribution in [3.63, 3.8) is 0 Å². The summed E-state index contributed by atoms with van der Waals surface area (Å²) in [5, 5.41) is 21.8. The van der Waals surface area contributed by atoms with Crippen molar-refractivity contribution >= 4 is 23.6 Å². The molecule has 0 spiro atoms. The predicted molar refractivity (Wildman–Crippen MR) is 71.5 cm³/mol. The van der Waals surface area contributed by atoms with Gasteiger partial charge in [-0.15, -0.1) is 11.8 Å². The molecule has 19 heavy (non-hydrogen) atoms. The number of amides is 1. The molecule has 0 aliphatic carbocycles. The van der Waals surface area contributed by atoms with Crippen LogP contribution in [0.1, 0.15) is 13.3 Å². The maximum absolute atomic E-state index is 11.9. The summed E-state index contributed by atoms with van der Waals surface area (Å²) in [6.07, 6.45) is -0.192. The monoisotopic (exact) mass is 286 g/mol. The highest BCUT2D eigenvalue weighted by Crippen LogP contribution is 2.46. The van der Waals surface area contributed by atoms with Gasteiger partial charge in [0.15, 0.2) is 0 Å². The van der Waals surface area contributed by atoms with Crippen molar-refractivity contribution in [1.29, 1.82) is 0 Å². The second kappa shape index (κ2) is 5.52. The Hall–Kier alpha value is -1.05. The Bertz CT molecular complexity index is 435. The fourth-order valence-electron chi connectivity index (χ4n) is 2.64. The number of hydrogen-bond donors (Lipinski definition) is 3. The van der Waals surface area contributed by atoms with E-state index in [1.165, 1.54) is 16.7 Å². The Kier molecular flexibility index (Phi) is 4.17. The zero-order chi connectivity index (χ0) is 14.2. The molecular formula is C12H18N2O4S. The van der Waals surface area contributed by atoms with Gasteiger partial charge in [0.2, 0.25) is 5.91 Å². The van der Waals surface area contributed by atoms with Gasteiger partial charge in [-0.1, -0.05) is 0 Å². The van der Waals surface area contributed by atoms with Gasteiger partial charge < -0.3 is 20.4 Å². The fraction of sp³-hybridized carbons (Fsp3) is 0.667. The molecule has 0 aromatic heterocycles. The molecule has 2 aliphatic heterocycles. The number of aliphatic hydroxyl groups is 1. The highest BCUT2D eigenvalue weighted by Gasteiger charge is 2.56. The van der Waals surface area contributed by atoms with Gasteiger partial charge in [-0.25, -0.2) is 4.79 Å². The average Bonchev–Trinajstić information content (AvgIpc) is 2.64. The first kappa shape index (κ1) is 14.4. The molecule has 3 N–H and O–H groups in total. The van der Waals surface area contributed by atoms with E-state index in [0.29, 0.717) is 6.42 Å². The lowest BCUT2D eigenvalue weighted by molar-refractivity contribution is -0.161. The quantitative estimate of drug-likeness (QED) is 0.465. The van der Waals surface area contributed by atoms with E-state index in [4.69, 9.17) is 0 Å². The van der Waals surface area contributed by atoms with E-state index in [9.17, 15) is 19.8 Å². The molecular weight excluding hydrogens is 268 g/mol. The molecule has 3 atom stereocenters. The number of nitrogens with zero attached hydrogens (tertiary/aromatic N) is 1. The topological polar surface area (TPSA) is 89.9 Å². The molecule has 2 heterocycles. The van der Waals surface area contributed by atoms with Gasteiger partial charge in [-0.3, -0.25) is 4.79 Å². The molecule has 6 nitrogen and oxygen atoms in total. The summed E-state index contributed by atoms with van der Waals surface area (Å²) in [6, 6.07) is -0.185. The molecule has 0 bridgehead atoms. The van der Waals surface area contributed by atoms with Crippen LogP contribution in [0.15, 0.2) is 10.6 Å². The lowest BCUT2D eigenvalue weighted by atomic mass is 9.83. The van der Waals surface area contributed by atoms with Crippen LogP contribution in [0, 0.1) is 5.92 Å². The van der Waals surface area contributed by atoms with E-state index in [0.717, 1.165) is 17.2 Å². The van der Waals surface area contributed by atoms with Crippen LogP contribution in [0.2, 0.25) is 0 Å². The van der Waals surface area contributed by atoms with Gasteiger partial charge in [0, 0.05) is 23.6 Å². The van der Waals surface area contributed by atoms with Crippen molar-refractivity contribution in [2.45, 2.75) is 25.5 Å². The summed E-state index contributed by atoms with van der Waals surface area (Å²) in [7, 11) is 1.84. The summed E-state index contributed by atoms with van der Waals surface area (Å²) in [5.41, 5.74) is 0.105. The van der Waals surface area contributed by atoms with Gasteiger partial charge >= 0.3 is 5.97 Å². The van der Waals surface area contributed by atoms with Gasteiger partial charge in [-0.05, 0) is 14.0 Å². The first-order valence-corrected chi connectivity index (χ1v) is 7.22. The van der Waals surface area contributed by atoms with Crippen LogP contribution in [-0.4, -0.2) is 58.5 Å². The van der Waals surface area contributed by atoms with E-state index >= 15 is 0 Å². The van der Waals surface area contributed by atoms with Crippen LogP contribution in [0.25, 0.3) is 0 Å². The van der Waals surface area contributed by atoms with Crippen LogP contribution in [0.5, 0.6) is 0 Å². The van der Waals surface area contributed by atoms with Crippen LogP contribution in [-0.2, 0) is 9.59 Å². The van der Waals surface area contributed by atoms with Crippen LogP contribution >= 0.6 is 11.8 Å². The van der Waals surface area contributed by atoms with Crippen LogP contribution in [0.3, 0.4) is 0 Å². The lowest BCUT2D eigenvalue weighted by Gasteiger charge is -2.44. The largest absolute Gasteiger partial charge is 0.477 e. The summed E-state index contributed by atoms with van der Waals surface area (Å²) < 4.78 is 0. The highest BCUT2D eigenvalue weighted by molar-refractivity contribution is 8.03. The molecule has 0 aromatic carbocycles. The van der Waals surface area contributed by atoms with Crippen LogP contribution < -0.4 is 5.32 Å². The number of nitrogens with one attached hydrogen (secondary N) is 1. The number of β-lactam (4-membered cyclic amide) rings is 1. The second-order valence-corrected chi connectivity index (χ2v) is 5.96. The van der Waals surface area contributed by atoms with Crippen molar-refractivity contribution in [2.75, 3.05) is 19.3 Å². The van der Waals surface area contributed by atoms with Crippen molar-refractivity contribution < 1.29 is 19.8 Å². The zero-order valence-electron chi connectivity index (χ0n) is 10.9. The van der Waals surface area contributed by atoms with Gasteiger partial charge in [0.05, 0.1) is 18.1 Å². The minimum absolute atomic E-state index is 0.105. The number of rotatable bonds is 6. The molecule has 0 saturated carbocycles. The average molecular weight is 286 g/mol. The Balaban J connectivity index is 2.14. The third kappa shape index (κ3) is 2.37. The normalized spacial score (nSPS) is 27.3. The van der Waals surface area contributed by atoms with Crippen molar-refractivity contribution in [1.82, 2.24) is 10.2 Å². The molecule has 106 valence electrons. The van der Waals surface area contributed by atoms with Crippen LogP contribution in [0.4, 0.5) is 0 Å². The van der Waals surface area contributed by atoms with E-state index in [1.807, 2.05) is 7.05 Å². The van der Waals surface area contributed by atoms with E-state index in [-0.39, 0.29) is 17.6 Å². The predicted octanol–water partition coefficient (Wildman–Crippen LogP) is -0.153. The number of carboxylic acids is 1. The second-order valence-electron chi connectivity index (χ2n) is 4.78. The first-order chi connectivity index (χ1) is 8.99. The van der Waals surface area contributed by atoms with Crippen molar-refractivity contribution in [2.24, 2.45) is 5.92 Å². The molecule has 1 amide bonds. The Labute approximate surface area is 115 Å². The van der Waals surface area contributed by atoms with Crippen molar-refractivity contribution in [3.05, 3.63) is 10.6 Å². The highest BCUT2D eigenvalue weighted by atomic mass is 32.2. The Morgan fingerprint density at radius 3 is 2.84 bits per heavy atom. The number of carboxylic acid groups (broad SMARTS) is 1. The van der Waals surface area contributed by atoms with E-state index in [1.54, 1.807) is 6.92 Å². The van der Waals surface area contributed by atoms with Gasteiger partial charge in [-0.2, -0.15) is 0 Å². The number of carbonyl (C=O) groups excluding carboxylic acids is 1. The zero-order valence-corrected chi connectivity index (χ0v) is 11.7. The maximum atomic E-state index is 11.9. The molecule has 1 fully saturated rings. The SMILES string of the molecule is CNCCSC1=C(C(=O)O)N2C(=O)C([C@@H](C)O)[C@H]2C1. The summed E-state index contributed by atoms with van der Waals surface area (Å²) in [6.45, 7) is 2.35. The minimum atomic E-state index is -1.06. The molecule has 2 rings (SSSR count).